The summed E-state index contributed by atoms with van der Waals surface area (Å²) in [6.07, 6.45) is 2.47. The molecule has 20 heavy (non-hydrogen) atoms. The number of hydrogen-bond donors (Lipinski definition) is 2. The molecule has 0 aliphatic carbocycles. The monoisotopic (exact) mass is 288 g/mol. The van der Waals surface area contributed by atoms with Crippen molar-refractivity contribution in [3.05, 3.63) is 42.1 Å². The molecule has 2 heterocycles. The van der Waals surface area contributed by atoms with Gasteiger partial charge in [-0.15, -0.1) is 0 Å². The first kappa shape index (κ1) is 13.4. The number of carbonyl (C=O) groups is 1. The van der Waals surface area contributed by atoms with Gasteiger partial charge in [0.2, 0.25) is 0 Å². The zero-order chi connectivity index (χ0) is 14.0. The van der Waals surface area contributed by atoms with E-state index in [2.05, 4.69) is 10.3 Å². The Bertz CT molecular complexity index is 639. The normalized spacial score (nSPS) is 22.1. The van der Waals surface area contributed by atoms with Crippen molar-refractivity contribution >= 4 is 28.6 Å². The fraction of sp³-hybridized carbons (Fsp3) is 0.333. The van der Waals surface area contributed by atoms with Crippen molar-refractivity contribution in [1.82, 2.24) is 10.3 Å². The summed E-state index contributed by atoms with van der Waals surface area (Å²) < 4.78 is 0. The molecule has 2 aromatic rings. The number of aromatic nitrogens is 1. The largest absolute Gasteiger partial charge is 0.387 e. The average Bonchev–Trinajstić information content (AvgIpc) is 2.91. The van der Waals surface area contributed by atoms with Crippen molar-refractivity contribution in [3.63, 3.8) is 0 Å². The van der Waals surface area contributed by atoms with Gasteiger partial charge in [-0.1, -0.05) is 6.07 Å². The molecule has 3 rings (SSSR count). The highest BCUT2D eigenvalue weighted by Gasteiger charge is 2.32. The highest BCUT2D eigenvalue weighted by atomic mass is 32.2. The molecule has 0 saturated carbocycles. The van der Waals surface area contributed by atoms with E-state index >= 15 is 0 Å². The molecule has 1 aromatic heterocycles. The van der Waals surface area contributed by atoms with Gasteiger partial charge in [-0.05, 0) is 36.4 Å². The number of nitrogens with one attached hydrogen (secondary N) is 1. The van der Waals surface area contributed by atoms with Crippen LogP contribution < -0.4 is 5.32 Å². The van der Waals surface area contributed by atoms with Gasteiger partial charge in [-0.2, -0.15) is 11.8 Å². The minimum atomic E-state index is -0.751. The quantitative estimate of drug-likeness (QED) is 0.904. The third-order valence-corrected chi connectivity index (χ3v) is 4.76. The second-order valence-corrected chi connectivity index (χ2v) is 6.23. The molecule has 4 nitrogen and oxygen atoms in total. The van der Waals surface area contributed by atoms with E-state index in [-0.39, 0.29) is 5.91 Å². The first-order valence-corrected chi connectivity index (χ1v) is 7.75. The van der Waals surface area contributed by atoms with Gasteiger partial charge < -0.3 is 10.4 Å². The fourth-order valence-electron chi connectivity index (χ4n) is 2.30. The lowest BCUT2D eigenvalue weighted by atomic mass is 10.0. The summed E-state index contributed by atoms with van der Waals surface area (Å²) >= 11 is 1.72. The molecule has 1 amide bonds. The number of aliphatic hydroxyl groups is 1. The molecular formula is C15H16N2O2S. The summed E-state index contributed by atoms with van der Waals surface area (Å²) in [6, 6.07) is 9.20. The SMILES string of the molecule is O=C(NCC1(O)CCSC1)c1ccc2ncccc2c1. The van der Waals surface area contributed by atoms with Crippen LogP contribution in [0.5, 0.6) is 0 Å². The van der Waals surface area contributed by atoms with E-state index in [9.17, 15) is 9.90 Å². The zero-order valence-corrected chi connectivity index (χ0v) is 11.8. The summed E-state index contributed by atoms with van der Waals surface area (Å²) in [5, 5.41) is 14.0. The molecule has 0 bridgehead atoms. The topological polar surface area (TPSA) is 62.2 Å². The van der Waals surface area contributed by atoms with Crippen molar-refractivity contribution in [3.8, 4) is 0 Å². The number of carbonyl (C=O) groups excluding carboxylic acids is 1. The molecule has 0 radical (unpaired) electrons. The average molecular weight is 288 g/mol. The van der Waals surface area contributed by atoms with Gasteiger partial charge in [-0.3, -0.25) is 9.78 Å². The van der Waals surface area contributed by atoms with E-state index < -0.39 is 5.60 Å². The Morgan fingerprint density at radius 3 is 3.15 bits per heavy atom. The Labute approximate surface area is 121 Å². The Hall–Kier alpha value is -1.59. The standard InChI is InChI=1S/C15H16N2O2S/c18-14(17-9-15(19)5-7-20-10-15)12-3-4-13-11(8-12)2-1-6-16-13/h1-4,6,8,19H,5,7,9-10H2,(H,17,18). The number of rotatable bonds is 3. The van der Waals surface area contributed by atoms with Crippen LogP contribution in [0.25, 0.3) is 10.9 Å². The number of thioether (sulfide) groups is 1. The highest BCUT2D eigenvalue weighted by Crippen LogP contribution is 2.27. The van der Waals surface area contributed by atoms with E-state index in [1.54, 1.807) is 24.0 Å². The van der Waals surface area contributed by atoms with Crippen LogP contribution in [0.1, 0.15) is 16.8 Å². The van der Waals surface area contributed by atoms with Gasteiger partial charge in [0, 0.05) is 29.4 Å². The molecule has 104 valence electrons. The Morgan fingerprint density at radius 2 is 2.35 bits per heavy atom. The van der Waals surface area contributed by atoms with Gasteiger partial charge in [0.1, 0.15) is 0 Å². The van der Waals surface area contributed by atoms with Gasteiger partial charge in [0.15, 0.2) is 0 Å². The zero-order valence-electron chi connectivity index (χ0n) is 11.0. The van der Waals surface area contributed by atoms with E-state index in [0.29, 0.717) is 17.9 Å². The summed E-state index contributed by atoms with van der Waals surface area (Å²) in [5.74, 6) is 1.49. The van der Waals surface area contributed by atoms with Crippen molar-refractivity contribution in [2.45, 2.75) is 12.0 Å². The number of pyridine rings is 1. The second-order valence-electron chi connectivity index (χ2n) is 5.12. The van der Waals surface area contributed by atoms with Gasteiger partial charge >= 0.3 is 0 Å². The minimum absolute atomic E-state index is 0.152. The van der Waals surface area contributed by atoms with Crippen LogP contribution >= 0.6 is 11.8 Å². The van der Waals surface area contributed by atoms with Crippen LogP contribution in [0.3, 0.4) is 0 Å². The smallest absolute Gasteiger partial charge is 0.251 e. The predicted octanol–water partition coefficient (Wildman–Crippen LogP) is 1.83. The lowest BCUT2D eigenvalue weighted by molar-refractivity contribution is 0.0612. The van der Waals surface area contributed by atoms with Crippen LogP contribution in [-0.2, 0) is 0 Å². The lowest BCUT2D eigenvalue weighted by Gasteiger charge is -2.21. The fourth-order valence-corrected chi connectivity index (χ4v) is 3.59. The molecule has 1 saturated heterocycles. The maximum atomic E-state index is 12.1. The highest BCUT2D eigenvalue weighted by molar-refractivity contribution is 7.99. The molecule has 2 N–H and O–H groups in total. The van der Waals surface area contributed by atoms with Crippen LogP contribution in [0.15, 0.2) is 36.5 Å². The van der Waals surface area contributed by atoms with Crippen molar-refractivity contribution < 1.29 is 9.90 Å². The predicted molar refractivity (Wildman–Crippen MR) is 81.0 cm³/mol. The second kappa shape index (κ2) is 5.42. The number of hydrogen-bond acceptors (Lipinski definition) is 4. The summed E-state index contributed by atoms with van der Waals surface area (Å²) in [6.45, 7) is 0.309. The molecular weight excluding hydrogens is 272 g/mol. The Morgan fingerprint density at radius 1 is 1.45 bits per heavy atom. The Kier molecular flexibility index (Phi) is 3.63. The van der Waals surface area contributed by atoms with Crippen molar-refractivity contribution in [2.75, 3.05) is 18.1 Å². The summed E-state index contributed by atoms with van der Waals surface area (Å²) in [5.41, 5.74) is 0.716. The molecule has 1 unspecified atom stereocenters. The third-order valence-electron chi connectivity index (χ3n) is 3.53. The van der Waals surface area contributed by atoms with E-state index in [4.69, 9.17) is 0 Å². The third kappa shape index (κ3) is 2.78. The number of amides is 1. The van der Waals surface area contributed by atoms with Gasteiger partial charge in [0.05, 0.1) is 11.1 Å². The molecule has 0 spiro atoms. The maximum Gasteiger partial charge on any atom is 0.251 e. The number of benzene rings is 1. The molecule has 1 aliphatic rings. The van der Waals surface area contributed by atoms with Crippen LogP contribution in [0, 0.1) is 0 Å². The molecule has 5 heteroatoms. The molecule has 1 aromatic carbocycles. The van der Waals surface area contributed by atoms with Crippen LogP contribution in [0.2, 0.25) is 0 Å². The number of nitrogens with zero attached hydrogens (tertiary/aromatic N) is 1. The summed E-state index contributed by atoms with van der Waals surface area (Å²) in [4.78, 5) is 16.4. The lowest BCUT2D eigenvalue weighted by Crippen LogP contribution is -2.42. The molecule has 1 fully saturated rings. The maximum absolute atomic E-state index is 12.1. The minimum Gasteiger partial charge on any atom is -0.387 e. The van der Waals surface area contributed by atoms with Crippen LogP contribution in [0.4, 0.5) is 0 Å². The van der Waals surface area contributed by atoms with Crippen molar-refractivity contribution in [2.24, 2.45) is 0 Å². The molecule has 1 atom stereocenters. The van der Waals surface area contributed by atoms with Gasteiger partial charge in [0.25, 0.3) is 5.91 Å². The molecule has 1 aliphatic heterocycles. The first-order valence-electron chi connectivity index (χ1n) is 6.59. The summed E-state index contributed by atoms with van der Waals surface area (Å²) in [7, 11) is 0. The van der Waals surface area contributed by atoms with Gasteiger partial charge in [-0.25, -0.2) is 0 Å². The first-order chi connectivity index (χ1) is 9.66. The van der Waals surface area contributed by atoms with Crippen LogP contribution in [-0.4, -0.2) is 39.6 Å². The van der Waals surface area contributed by atoms with E-state index in [1.807, 2.05) is 24.3 Å². The van der Waals surface area contributed by atoms with E-state index in [0.717, 1.165) is 23.1 Å². The number of fused-ring (bicyclic) bond motifs is 1. The van der Waals surface area contributed by atoms with E-state index in [1.165, 1.54) is 0 Å². The van der Waals surface area contributed by atoms with Crippen molar-refractivity contribution in [1.29, 1.82) is 0 Å². The Balaban J connectivity index is 1.72.